The van der Waals surface area contributed by atoms with Gasteiger partial charge in [-0.25, -0.2) is 4.68 Å². The maximum absolute atomic E-state index is 12.8. The van der Waals surface area contributed by atoms with E-state index < -0.39 is 0 Å². The smallest absolute Gasteiger partial charge is 0.260 e. The number of aromatic nitrogens is 2. The van der Waals surface area contributed by atoms with E-state index in [-0.39, 0.29) is 5.91 Å². The molecule has 146 valence electrons. The highest BCUT2D eigenvalue weighted by Crippen LogP contribution is 2.25. The first-order chi connectivity index (χ1) is 13.4. The molecule has 3 rings (SSSR count). The summed E-state index contributed by atoms with van der Waals surface area (Å²) in [5, 5.41) is 7.65. The standard InChI is InChI=1S/C22H25ClN4O/c1-5-26(15(2)3)18-13-11-17(12-14-18)24-22(28)20-16(4)25-27(21(20)23)19-9-7-6-8-10-19/h6-15H,5H2,1-4H3,(H,24,28). The van der Waals surface area contributed by atoms with Crippen LogP contribution >= 0.6 is 11.6 Å². The van der Waals surface area contributed by atoms with Gasteiger partial charge in [0.1, 0.15) is 10.7 Å². The number of carbonyl (C=O) groups excluding carboxylic acids is 1. The fourth-order valence-electron chi connectivity index (χ4n) is 3.27. The molecule has 1 heterocycles. The molecule has 0 fully saturated rings. The van der Waals surface area contributed by atoms with Crippen molar-refractivity contribution in [3.63, 3.8) is 0 Å². The van der Waals surface area contributed by atoms with Crippen LogP contribution in [0.5, 0.6) is 0 Å². The molecule has 0 aliphatic carbocycles. The van der Waals surface area contributed by atoms with E-state index in [1.807, 2.05) is 54.6 Å². The molecule has 0 radical (unpaired) electrons. The maximum atomic E-state index is 12.8. The molecule has 0 saturated heterocycles. The van der Waals surface area contributed by atoms with Crippen LogP contribution in [0.2, 0.25) is 5.15 Å². The summed E-state index contributed by atoms with van der Waals surface area (Å²) < 4.78 is 1.58. The number of carbonyl (C=O) groups is 1. The molecule has 1 amide bonds. The van der Waals surface area contributed by atoms with Gasteiger partial charge in [-0.1, -0.05) is 29.8 Å². The highest BCUT2D eigenvalue weighted by atomic mass is 35.5. The Morgan fingerprint density at radius 2 is 1.79 bits per heavy atom. The number of para-hydroxylation sites is 1. The first-order valence-electron chi connectivity index (χ1n) is 9.41. The molecule has 0 atom stereocenters. The predicted molar refractivity (Wildman–Crippen MR) is 116 cm³/mol. The van der Waals surface area contributed by atoms with Crippen molar-refractivity contribution in [2.45, 2.75) is 33.7 Å². The highest BCUT2D eigenvalue weighted by molar-refractivity contribution is 6.34. The van der Waals surface area contributed by atoms with Gasteiger partial charge in [0.25, 0.3) is 5.91 Å². The Kier molecular flexibility index (Phi) is 6.05. The summed E-state index contributed by atoms with van der Waals surface area (Å²) in [4.78, 5) is 15.1. The molecule has 1 N–H and O–H groups in total. The first-order valence-corrected chi connectivity index (χ1v) is 9.78. The Morgan fingerprint density at radius 1 is 1.14 bits per heavy atom. The van der Waals surface area contributed by atoms with Crippen molar-refractivity contribution < 1.29 is 4.79 Å². The number of benzene rings is 2. The lowest BCUT2D eigenvalue weighted by atomic mass is 10.2. The van der Waals surface area contributed by atoms with Crippen molar-refractivity contribution in [1.29, 1.82) is 0 Å². The van der Waals surface area contributed by atoms with Gasteiger partial charge in [0.2, 0.25) is 0 Å². The molecular weight excluding hydrogens is 372 g/mol. The van der Waals surface area contributed by atoms with E-state index in [0.29, 0.717) is 22.5 Å². The molecule has 0 spiro atoms. The molecule has 0 aliphatic heterocycles. The van der Waals surface area contributed by atoms with Gasteiger partial charge >= 0.3 is 0 Å². The molecule has 1 aromatic heterocycles. The third-order valence-electron chi connectivity index (χ3n) is 4.65. The minimum atomic E-state index is -0.270. The summed E-state index contributed by atoms with van der Waals surface area (Å²) >= 11 is 6.48. The molecule has 0 aliphatic rings. The summed E-state index contributed by atoms with van der Waals surface area (Å²) in [6, 6.07) is 17.8. The van der Waals surface area contributed by atoms with Gasteiger partial charge in [-0.2, -0.15) is 5.10 Å². The number of aryl methyl sites for hydroxylation is 1. The Labute approximate surface area is 170 Å². The Morgan fingerprint density at radius 3 is 2.36 bits per heavy atom. The topological polar surface area (TPSA) is 50.2 Å². The Bertz CT molecular complexity index is 949. The van der Waals surface area contributed by atoms with Crippen molar-refractivity contribution in [3.8, 4) is 5.69 Å². The minimum Gasteiger partial charge on any atom is -0.369 e. The van der Waals surface area contributed by atoms with Gasteiger partial charge < -0.3 is 10.2 Å². The second-order valence-corrected chi connectivity index (χ2v) is 7.24. The van der Waals surface area contributed by atoms with E-state index in [1.165, 1.54) is 0 Å². The van der Waals surface area contributed by atoms with E-state index in [2.05, 4.69) is 36.1 Å². The average Bonchev–Trinajstić information content (AvgIpc) is 2.98. The van der Waals surface area contributed by atoms with Crippen LogP contribution in [0.1, 0.15) is 36.8 Å². The predicted octanol–water partition coefficient (Wildman–Crippen LogP) is 5.32. The monoisotopic (exact) mass is 396 g/mol. The molecule has 28 heavy (non-hydrogen) atoms. The van der Waals surface area contributed by atoms with Gasteiger partial charge in [0, 0.05) is 24.0 Å². The summed E-state index contributed by atoms with van der Waals surface area (Å²) in [6.07, 6.45) is 0. The second-order valence-electron chi connectivity index (χ2n) is 6.88. The lowest BCUT2D eigenvalue weighted by Gasteiger charge is -2.27. The zero-order valence-electron chi connectivity index (χ0n) is 16.6. The molecular formula is C22H25ClN4O. The fourth-order valence-corrected chi connectivity index (χ4v) is 3.63. The number of hydrogen-bond donors (Lipinski definition) is 1. The molecule has 2 aromatic carbocycles. The van der Waals surface area contributed by atoms with Gasteiger partial charge in [-0.3, -0.25) is 4.79 Å². The van der Waals surface area contributed by atoms with Crippen LogP contribution in [-0.4, -0.2) is 28.3 Å². The van der Waals surface area contributed by atoms with Crippen LogP contribution < -0.4 is 10.2 Å². The van der Waals surface area contributed by atoms with Gasteiger partial charge in [0.05, 0.1) is 11.4 Å². The Balaban J connectivity index is 1.81. The summed E-state index contributed by atoms with van der Waals surface area (Å²) in [7, 11) is 0. The van der Waals surface area contributed by atoms with Crippen LogP contribution in [-0.2, 0) is 0 Å². The Hall–Kier alpha value is -2.79. The molecule has 0 saturated carbocycles. The van der Waals surface area contributed by atoms with Crippen molar-refractivity contribution in [3.05, 3.63) is 71.0 Å². The molecule has 6 heteroatoms. The van der Waals surface area contributed by atoms with Crippen LogP contribution in [0.15, 0.2) is 54.6 Å². The molecule has 0 unspecified atom stereocenters. The number of nitrogens with one attached hydrogen (secondary N) is 1. The highest BCUT2D eigenvalue weighted by Gasteiger charge is 2.21. The number of hydrogen-bond acceptors (Lipinski definition) is 3. The number of amides is 1. The third-order valence-corrected chi connectivity index (χ3v) is 5.00. The maximum Gasteiger partial charge on any atom is 0.260 e. The summed E-state index contributed by atoms with van der Waals surface area (Å²) in [6.45, 7) is 9.16. The van der Waals surface area contributed by atoms with Crippen molar-refractivity contribution in [1.82, 2.24) is 9.78 Å². The lowest BCUT2D eigenvalue weighted by Crippen LogP contribution is -2.30. The average molecular weight is 397 g/mol. The molecule has 5 nitrogen and oxygen atoms in total. The van der Waals surface area contributed by atoms with Crippen molar-refractivity contribution in [2.24, 2.45) is 0 Å². The van der Waals surface area contributed by atoms with Crippen LogP contribution in [0.4, 0.5) is 11.4 Å². The molecule has 0 bridgehead atoms. The minimum absolute atomic E-state index is 0.270. The zero-order valence-corrected chi connectivity index (χ0v) is 17.4. The zero-order chi connectivity index (χ0) is 20.3. The second kappa shape index (κ2) is 8.48. The van der Waals surface area contributed by atoms with Gasteiger partial charge in [0.15, 0.2) is 0 Å². The number of halogens is 1. The van der Waals surface area contributed by atoms with Crippen LogP contribution in [0, 0.1) is 6.92 Å². The van der Waals surface area contributed by atoms with E-state index in [0.717, 1.165) is 23.6 Å². The summed E-state index contributed by atoms with van der Waals surface area (Å²) in [5.41, 5.74) is 3.62. The van der Waals surface area contributed by atoms with Gasteiger partial charge in [-0.05, 0) is 64.1 Å². The van der Waals surface area contributed by atoms with Crippen molar-refractivity contribution >= 4 is 28.9 Å². The number of rotatable bonds is 6. The quantitative estimate of drug-likeness (QED) is 0.613. The fraction of sp³-hybridized carbons (Fsp3) is 0.273. The van der Waals surface area contributed by atoms with Gasteiger partial charge in [-0.15, -0.1) is 0 Å². The largest absolute Gasteiger partial charge is 0.369 e. The third kappa shape index (κ3) is 4.04. The number of nitrogens with zero attached hydrogens (tertiary/aromatic N) is 3. The van der Waals surface area contributed by atoms with E-state index in [4.69, 9.17) is 11.6 Å². The van der Waals surface area contributed by atoms with Crippen LogP contribution in [0.25, 0.3) is 5.69 Å². The normalized spacial score (nSPS) is 10.9. The first kappa shape index (κ1) is 20.0. The SMILES string of the molecule is CCN(c1ccc(NC(=O)c2c(C)nn(-c3ccccc3)c2Cl)cc1)C(C)C. The molecule has 3 aromatic rings. The van der Waals surface area contributed by atoms with Crippen LogP contribution in [0.3, 0.4) is 0 Å². The van der Waals surface area contributed by atoms with E-state index in [9.17, 15) is 4.79 Å². The lowest BCUT2D eigenvalue weighted by molar-refractivity contribution is 0.102. The van der Waals surface area contributed by atoms with E-state index >= 15 is 0 Å². The summed E-state index contributed by atoms with van der Waals surface area (Å²) in [5.74, 6) is -0.270. The van der Waals surface area contributed by atoms with Crippen molar-refractivity contribution in [2.75, 3.05) is 16.8 Å². The van der Waals surface area contributed by atoms with E-state index in [1.54, 1.807) is 11.6 Å². The number of anilines is 2.